The second-order valence-electron chi connectivity index (χ2n) is 6.74. The molecule has 0 atom stereocenters. The molecule has 0 saturated carbocycles. The Balaban J connectivity index is 1.54. The van der Waals surface area contributed by atoms with Crippen LogP contribution < -0.4 is 26.6 Å². The molecule has 12 heteroatoms. The molecule has 0 amide bonds. The van der Waals surface area contributed by atoms with Crippen molar-refractivity contribution in [2.24, 2.45) is 17.9 Å². The lowest BCUT2D eigenvalue weighted by atomic mass is 10.1. The van der Waals surface area contributed by atoms with E-state index in [4.69, 9.17) is 38.4 Å². The largest absolute Gasteiger partial charge is 0.490 e. The van der Waals surface area contributed by atoms with Crippen molar-refractivity contribution in [1.82, 2.24) is 9.67 Å². The highest BCUT2D eigenvalue weighted by atomic mass is 35.5. The van der Waals surface area contributed by atoms with Crippen molar-refractivity contribution in [2.45, 2.75) is 13.0 Å². The highest BCUT2D eigenvalue weighted by Gasteiger charge is 2.18. The molecule has 3 aromatic rings. The molecule has 0 aliphatic heterocycles. The summed E-state index contributed by atoms with van der Waals surface area (Å²) in [7, 11) is 1.95. The fourth-order valence-electron chi connectivity index (χ4n) is 3.01. The molecule has 0 spiro atoms. The monoisotopic (exact) mass is 478 g/mol. The first kappa shape index (κ1) is 23.5. The zero-order valence-corrected chi connectivity index (χ0v) is 19.1. The smallest absolute Gasteiger partial charge is 0.205 e. The molecule has 2 heterocycles. The summed E-state index contributed by atoms with van der Waals surface area (Å²) in [5, 5.41) is 4.00. The van der Waals surface area contributed by atoms with E-state index in [2.05, 4.69) is 10.1 Å². The summed E-state index contributed by atoms with van der Waals surface area (Å²) in [6.45, 7) is 1.73. The van der Waals surface area contributed by atoms with Crippen LogP contribution in [0.2, 0.25) is 4.34 Å². The van der Waals surface area contributed by atoms with Gasteiger partial charge in [-0.2, -0.15) is 0 Å². The zero-order chi connectivity index (χ0) is 23.1. The van der Waals surface area contributed by atoms with Gasteiger partial charge in [-0.3, -0.25) is 4.79 Å². The van der Waals surface area contributed by atoms with Crippen molar-refractivity contribution >= 4 is 45.9 Å². The lowest BCUT2D eigenvalue weighted by molar-refractivity contribution is -0.752. The van der Waals surface area contributed by atoms with Gasteiger partial charge >= 0.3 is 0 Å². The number of nitrogens with two attached hydrogens (primary N) is 3. The number of benzene rings is 1. The Labute approximate surface area is 194 Å². The molecule has 0 bridgehead atoms. The number of rotatable bonds is 11. The molecule has 0 fully saturated rings. The van der Waals surface area contributed by atoms with Crippen LogP contribution in [0.3, 0.4) is 0 Å². The second-order valence-corrected chi connectivity index (χ2v) is 8.37. The fraction of sp³-hybridized carbons (Fsp3) is 0.300. The van der Waals surface area contributed by atoms with E-state index in [0.29, 0.717) is 24.4 Å². The molecule has 0 aliphatic rings. The number of aromatic nitrogens is 3. The maximum Gasteiger partial charge on any atom is 0.205 e. The Morgan fingerprint density at radius 1 is 1.31 bits per heavy atom. The number of thiazole rings is 1. The maximum absolute atomic E-state index is 11.2. The summed E-state index contributed by atoms with van der Waals surface area (Å²) in [4.78, 5) is 20.3. The average Bonchev–Trinajstić information content (AvgIpc) is 3.26. The number of aldehydes is 1. The van der Waals surface area contributed by atoms with Gasteiger partial charge in [-0.05, 0) is 30.7 Å². The van der Waals surface area contributed by atoms with Gasteiger partial charge in [0, 0.05) is 0 Å². The number of halogens is 1. The molecule has 0 aliphatic carbocycles. The third-order valence-electron chi connectivity index (χ3n) is 4.55. The van der Waals surface area contributed by atoms with Crippen LogP contribution in [0.5, 0.6) is 5.75 Å². The third kappa shape index (κ3) is 5.55. The van der Waals surface area contributed by atoms with Crippen molar-refractivity contribution in [2.75, 3.05) is 31.2 Å². The highest BCUT2D eigenvalue weighted by molar-refractivity contribution is 7.19. The lowest BCUT2D eigenvalue weighted by Gasteiger charge is -2.06. The SMILES string of the molecule is C[n+]1cc(-c2ccc(OCCO/N=C(\C=O)c3nc(N)sc3Cl)cc2)c(N)n1CCCN. The van der Waals surface area contributed by atoms with Crippen LogP contribution in [0.4, 0.5) is 10.9 Å². The van der Waals surface area contributed by atoms with Crippen LogP contribution in [0.15, 0.2) is 35.6 Å². The molecule has 3 rings (SSSR count). The molecule has 6 N–H and O–H groups in total. The number of nitrogens with zero attached hydrogens (tertiary/aromatic N) is 4. The summed E-state index contributed by atoms with van der Waals surface area (Å²) < 4.78 is 9.89. The minimum Gasteiger partial charge on any atom is -0.490 e. The molecule has 1 aromatic carbocycles. The standard InChI is InChI=1S/C20H24ClN7O3S/c1-27-11-15(19(23)28(27)8-2-7-22)13-3-5-14(6-4-13)30-9-10-31-26-16(12-29)17-18(21)32-20(24)25-17/h3-6,11-12,23H,2,7-10,22H2,1H3,(H2,24,25)/p+1/b26-16+. The van der Waals surface area contributed by atoms with Crippen LogP contribution >= 0.6 is 22.9 Å². The molecular weight excluding hydrogens is 454 g/mol. The first-order chi connectivity index (χ1) is 15.4. The molecule has 170 valence electrons. The summed E-state index contributed by atoms with van der Waals surface area (Å²) >= 11 is 7.03. The van der Waals surface area contributed by atoms with Crippen LogP contribution in [0.25, 0.3) is 11.1 Å². The predicted molar refractivity (Wildman–Crippen MR) is 125 cm³/mol. The number of anilines is 2. The number of carbonyl (C=O) groups is 1. The van der Waals surface area contributed by atoms with Crippen molar-refractivity contribution in [3.05, 3.63) is 40.5 Å². The van der Waals surface area contributed by atoms with Gasteiger partial charge in [-0.25, -0.2) is 4.98 Å². The molecule has 0 radical (unpaired) electrons. The number of ether oxygens (including phenoxy) is 1. The molecule has 0 saturated heterocycles. The van der Waals surface area contributed by atoms with E-state index >= 15 is 0 Å². The van der Waals surface area contributed by atoms with Gasteiger partial charge in [-0.1, -0.05) is 40.2 Å². The Morgan fingerprint density at radius 3 is 2.69 bits per heavy atom. The van der Waals surface area contributed by atoms with Gasteiger partial charge < -0.3 is 26.8 Å². The van der Waals surface area contributed by atoms with Gasteiger partial charge in [0.15, 0.2) is 36.6 Å². The van der Waals surface area contributed by atoms with E-state index in [-0.39, 0.29) is 34.1 Å². The summed E-state index contributed by atoms with van der Waals surface area (Å²) in [5.74, 6) is 1.35. The maximum atomic E-state index is 11.2. The number of oxime groups is 1. The topological polar surface area (TPSA) is 148 Å². The van der Waals surface area contributed by atoms with Crippen molar-refractivity contribution in [3.63, 3.8) is 0 Å². The Kier molecular flexibility index (Phi) is 8.03. The number of hydrogen-bond acceptors (Lipinski definition) is 9. The predicted octanol–water partition coefficient (Wildman–Crippen LogP) is 1.60. The molecule has 0 unspecified atom stereocenters. The Morgan fingerprint density at radius 2 is 2.06 bits per heavy atom. The highest BCUT2D eigenvalue weighted by Crippen LogP contribution is 2.27. The van der Waals surface area contributed by atoms with Crippen LogP contribution in [0, 0.1) is 0 Å². The van der Waals surface area contributed by atoms with Gasteiger partial charge in [0.25, 0.3) is 0 Å². The zero-order valence-electron chi connectivity index (χ0n) is 17.5. The lowest BCUT2D eigenvalue weighted by Crippen LogP contribution is -2.39. The molecule has 2 aromatic heterocycles. The van der Waals surface area contributed by atoms with E-state index < -0.39 is 0 Å². The first-order valence-electron chi connectivity index (χ1n) is 9.80. The number of hydrogen-bond donors (Lipinski definition) is 3. The summed E-state index contributed by atoms with van der Waals surface area (Å²) in [6.07, 6.45) is 3.35. The van der Waals surface area contributed by atoms with Gasteiger partial charge in [0.2, 0.25) is 6.20 Å². The van der Waals surface area contributed by atoms with Crippen LogP contribution in [0.1, 0.15) is 12.1 Å². The minimum absolute atomic E-state index is 0.0311. The summed E-state index contributed by atoms with van der Waals surface area (Å²) in [6, 6.07) is 7.58. The van der Waals surface area contributed by atoms with Crippen LogP contribution in [-0.4, -0.2) is 41.4 Å². The van der Waals surface area contributed by atoms with E-state index in [0.717, 1.165) is 35.4 Å². The average molecular weight is 479 g/mol. The molecule has 10 nitrogen and oxygen atoms in total. The molecular formula is C20H25ClN7O3S+. The second kappa shape index (κ2) is 10.9. The molecule has 32 heavy (non-hydrogen) atoms. The third-order valence-corrected chi connectivity index (χ3v) is 5.64. The first-order valence-corrected chi connectivity index (χ1v) is 11.0. The number of carbonyl (C=O) groups excluding carboxylic acids is 1. The van der Waals surface area contributed by atoms with Crippen molar-refractivity contribution in [1.29, 1.82) is 0 Å². The van der Waals surface area contributed by atoms with E-state index in [9.17, 15) is 4.79 Å². The fourth-order valence-corrected chi connectivity index (χ4v) is 3.96. The normalized spacial score (nSPS) is 11.5. The van der Waals surface area contributed by atoms with Crippen molar-refractivity contribution < 1.29 is 19.1 Å². The number of nitrogen functional groups attached to an aromatic ring is 2. The number of aryl methyl sites for hydroxylation is 1. The minimum atomic E-state index is -0.0311. The van der Waals surface area contributed by atoms with E-state index in [1.165, 1.54) is 0 Å². The Hall–Kier alpha value is -3.15. The van der Waals surface area contributed by atoms with Crippen molar-refractivity contribution in [3.8, 4) is 16.9 Å². The van der Waals surface area contributed by atoms with E-state index in [1.807, 2.05) is 46.9 Å². The summed E-state index contributed by atoms with van der Waals surface area (Å²) in [5.41, 5.74) is 19.6. The van der Waals surface area contributed by atoms with Crippen LogP contribution in [-0.2, 0) is 23.2 Å². The van der Waals surface area contributed by atoms with Gasteiger partial charge in [-0.15, -0.1) is 9.36 Å². The van der Waals surface area contributed by atoms with Gasteiger partial charge in [0.05, 0.1) is 12.1 Å². The van der Waals surface area contributed by atoms with E-state index in [1.54, 1.807) is 0 Å². The van der Waals surface area contributed by atoms with Gasteiger partial charge in [0.1, 0.15) is 22.4 Å². The quantitative estimate of drug-likeness (QED) is 0.125. The Bertz CT molecular complexity index is 1100.